The molecule has 1 amide bonds. The molecule has 1 atom stereocenters. The molecule has 26 heavy (non-hydrogen) atoms. The largest absolute Gasteiger partial charge is 0.366 e. The minimum Gasteiger partial charge on any atom is -0.366 e. The Bertz CT molecular complexity index is 836. The third kappa shape index (κ3) is 3.88. The lowest BCUT2D eigenvalue weighted by Crippen LogP contribution is -2.28. The molecular formula is C19H20F2N4O. The summed E-state index contributed by atoms with van der Waals surface area (Å²) in [6, 6.07) is 4.85. The summed E-state index contributed by atoms with van der Waals surface area (Å²) < 4.78 is 28.0. The van der Waals surface area contributed by atoms with Crippen LogP contribution in [0.15, 0.2) is 53.5 Å². The van der Waals surface area contributed by atoms with Crippen molar-refractivity contribution in [3.63, 3.8) is 0 Å². The quantitative estimate of drug-likeness (QED) is 0.667. The fourth-order valence-corrected chi connectivity index (χ4v) is 3.16. The Labute approximate surface area is 150 Å². The number of halogens is 2. The van der Waals surface area contributed by atoms with Crippen LogP contribution in [0.4, 0.5) is 14.5 Å². The number of carbonyl (C=O) groups is 1. The minimum absolute atomic E-state index is 0.153. The highest BCUT2D eigenvalue weighted by Crippen LogP contribution is 2.27. The Morgan fingerprint density at radius 1 is 1.35 bits per heavy atom. The summed E-state index contributed by atoms with van der Waals surface area (Å²) in [5.41, 5.74) is 6.06. The van der Waals surface area contributed by atoms with Crippen LogP contribution < -0.4 is 16.4 Å². The summed E-state index contributed by atoms with van der Waals surface area (Å²) in [4.78, 5) is 11.3. The predicted molar refractivity (Wildman–Crippen MR) is 97.1 cm³/mol. The Kier molecular flexibility index (Phi) is 5.27. The van der Waals surface area contributed by atoms with E-state index in [0.717, 1.165) is 38.1 Å². The third-order valence-corrected chi connectivity index (χ3v) is 4.53. The Morgan fingerprint density at radius 2 is 2.15 bits per heavy atom. The molecule has 0 bridgehead atoms. The van der Waals surface area contributed by atoms with Crippen molar-refractivity contribution in [2.75, 3.05) is 18.4 Å². The van der Waals surface area contributed by atoms with E-state index in [4.69, 9.17) is 11.1 Å². The van der Waals surface area contributed by atoms with E-state index in [1.165, 1.54) is 12.3 Å². The zero-order chi connectivity index (χ0) is 18.7. The van der Waals surface area contributed by atoms with Crippen molar-refractivity contribution in [1.29, 1.82) is 5.41 Å². The fraction of sp³-hybridized carbons (Fsp3) is 0.263. The number of amides is 1. The minimum atomic E-state index is -0.874. The Balaban J connectivity index is 1.76. The lowest BCUT2D eigenvalue weighted by Gasteiger charge is -2.23. The van der Waals surface area contributed by atoms with Crippen molar-refractivity contribution in [2.45, 2.75) is 18.8 Å². The second-order valence-corrected chi connectivity index (χ2v) is 6.35. The molecule has 1 unspecified atom stereocenters. The molecule has 0 aromatic heterocycles. The van der Waals surface area contributed by atoms with E-state index < -0.39 is 11.7 Å². The normalized spacial score (nSPS) is 22.0. The van der Waals surface area contributed by atoms with Crippen molar-refractivity contribution in [2.24, 2.45) is 5.73 Å². The lowest BCUT2D eigenvalue weighted by atomic mass is 9.91. The molecule has 2 aliphatic rings. The molecule has 1 aromatic carbocycles. The van der Waals surface area contributed by atoms with Gasteiger partial charge >= 0.3 is 0 Å². The van der Waals surface area contributed by atoms with Gasteiger partial charge in [0.05, 0.1) is 11.3 Å². The van der Waals surface area contributed by atoms with Crippen LogP contribution in [0.2, 0.25) is 0 Å². The van der Waals surface area contributed by atoms with Crippen molar-refractivity contribution in [1.82, 2.24) is 5.32 Å². The summed E-state index contributed by atoms with van der Waals surface area (Å²) in [5.74, 6) is -1.70. The average molecular weight is 358 g/mol. The van der Waals surface area contributed by atoms with E-state index in [0.29, 0.717) is 11.3 Å². The molecule has 7 heteroatoms. The fourth-order valence-electron chi connectivity index (χ4n) is 3.16. The molecule has 0 radical (unpaired) electrons. The summed E-state index contributed by atoms with van der Waals surface area (Å²) in [5, 5.41) is 14.0. The number of primary amides is 1. The van der Waals surface area contributed by atoms with Crippen LogP contribution in [0.5, 0.6) is 0 Å². The Morgan fingerprint density at radius 3 is 2.81 bits per heavy atom. The van der Waals surface area contributed by atoms with Crippen LogP contribution in [-0.2, 0) is 4.79 Å². The first-order valence-electron chi connectivity index (χ1n) is 8.40. The molecule has 5 nitrogen and oxygen atoms in total. The van der Waals surface area contributed by atoms with Gasteiger partial charge in [0.1, 0.15) is 11.6 Å². The smallest absolute Gasteiger partial charge is 0.250 e. The standard InChI is InChI=1S/C19H20F2N4O/c20-13-6-12(18(22)16(7-13)19(23)26)10-25-14-3-4-15(17(21)8-14)11-2-1-5-24-9-11/h3-4,6-8,10-11,22,24-25H,1-2,5,9H2,(H2,23,26)/b12-10-,22-18?. The van der Waals surface area contributed by atoms with E-state index in [1.807, 2.05) is 0 Å². The third-order valence-electron chi connectivity index (χ3n) is 4.53. The maximum Gasteiger partial charge on any atom is 0.250 e. The van der Waals surface area contributed by atoms with Gasteiger partial charge in [-0.15, -0.1) is 0 Å². The molecule has 1 heterocycles. The maximum atomic E-state index is 14.4. The first kappa shape index (κ1) is 18.0. The van der Waals surface area contributed by atoms with Crippen LogP contribution in [0.25, 0.3) is 0 Å². The number of allylic oxidation sites excluding steroid dienone is 4. The van der Waals surface area contributed by atoms with Crippen molar-refractivity contribution in [3.05, 3.63) is 64.9 Å². The van der Waals surface area contributed by atoms with Gasteiger partial charge in [0.25, 0.3) is 5.91 Å². The van der Waals surface area contributed by atoms with Gasteiger partial charge < -0.3 is 16.4 Å². The van der Waals surface area contributed by atoms with Gasteiger partial charge in [0.2, 0.25) is 0 Å². The van der Waals surface area contributed by atoms with E-state index >= 15 is 0 Å². The number of nitrogens with two attached hydrogens (primary N) is 1. The van der Waals surface area contributed by atoms with E-state index in [-0.39, 0.29) is 28.6 Å². The molecule has 0 saturated carbocycles. The summed E-state index contributed by atoms with van der Waals surface area (Å²) >= 11 is 0. The zero-order valence-corrected chi connectivity index (χ0v) is 14.1. The molecule has 1 aliphatic heterocycles. The average Bonchev–Trinajstić information content (AvgIpc) is 2.62. The van der Waals surface area contributed by atoms with Gasteiger partial charge in [-0.3, -0.25) is 10.2 Å². The first-order chi connectivity index (χ1) is 12.5. The van der Waals surface area contributed by atoms with Crippen LogP contribution in [0.3, 0.4) is 0 Å². The highest BCUT2D eigenvalue weighted by molar-refractivity contribution is 6.28. The Hall–Kier alpha value is -2.80. The summed E-state index contributed by atoms with van der Waals surface area (Å²) in [7, 11) is 0. The van der Waals surface area contributed by atoms with Crippen LogP contribution in [-0.4, -0.2) is 24.7 Å². The summed E-state index contributed by atoms with van der Waals surface area (Å²) in [6.45, 7) is 1.72. The van der Waals surface area contributed by atoms with Crippen LogP contribution >= 0.6 is 0 Å². The molecule has 1 fully saturated rings. The number of anilines is 1. The number of hydrogen-bond acceptors (Lipinski definition) is 4. The predicted octanol–water partition coefficient (Wildman–Crippen LogP) is 2.89. The van der Waals surface area contributed by atoms with Crippen LogP contribution in [0, 0.1) is 11.2 Å². The van der Waals surface area contributed by atoms with Gasteiger partial charge in [-0.05, 0) is 55.2 Å². The monoisotopic (exact) mass is 358 g/mol. The number of piperidine rings is 1. The molecule has 1 aromatic rings. The highest BCUT2D eigenvalue weighted by Gasteiger charge is 2.21. The van der Waals surface area contributed by atoms with Crippen molar-refractivity contribution in [3.8, 4) is 0 Å². The number of hydrogen-bond donors (Lipinski definition) is 4. The molecule has 5 N–H and O–H groups in total. The van der Waals surface area contributed by atoms with Gasteiger partial charge in [-0.2, -0.15) is 0 Å². The molecule has 1 saturated heterocycles. The van der Waals surface area contributed by atoms with Gasteiger partial charge in [0.15, 0.2) is 0 Å². The SMILES string of the molecule is N=C1C(C(N)=O)=CC(F)=C/C1=C/Nc1ccc(C2CCCNC2)c(F)c1. The van der Waals surface area contributed by atoms with E-state index in [1.54, 1.807) is 12.1 Å². The van der Waals surface area contributed by atoms with E-state index in [2.05, 4.69) is 10.6 Å². The lowest BCUT2D eigenvalue weighted by molar-refractivity contribution is -0.114. The number of rotatable bonds is 4. The topological polar surface area (TPSA) is 91.0 Å². The number of carbonyl (C=O) groups excluding carboxylic acids is 1. The van der Waals surface area contributed by atoms with E-state index in [9.17, 15) is 13.6 Å². The molecule has 3 rings (SSSR count). The highest BCUT2D eigenvalue weighted by atomic mass is 19.1. The second kappa shape index (κ2) is 7.61. The summed E-state index contributed by atoms with van der Waals surface area (Å²) in [6.07, 6.45) is 5.36. The zero-order valence-electron chi connectivity index (χ0n) is 14.1. The second-order valence-electron chi connectivity index (χ2n) is 6.35. The van der Waals surface area contributed by atoms with Gasteiger partial charge in [-0.1, -0.05) is 6.07 Å². The van der Waals surface area contributed by atoms with Gasteiger partial charge in [-0.25, -0.2) is 8.78 Å². The van der Waals surface area contributed by atoms with Crippen molar-refractivity contribution >= 4 is 17.3 Å². The molecule has 0 spiro atoms. The number of nitrogens with one attached hydrogen (secondary N) is 3. The van der Waals surface area contributed by atoms with Crippen molar-refractivity contribution < 1.29 is 13.6 Å². The number of benzene rings is 1. The van der Waals surface area contributed by atoms with Gasteiger partial charge in [0, 0.05) is 24.0 Å². The molecule has 136 valence electrons. The molecular weight excluding hydrogens is 338 g/mol. The molecule has 1 aliphatic carbocycles. The van der Waals surface area contributed by atoms with Crippen LogP contribution in [0.1, 0.15) is 24.3 Å². The maximum absolute atomic E-state index is 14.4. The first-order valence-corrected chi connectivity index (χ1v) is 8.40.